The van der Waals surface area contributed by atoms with Crippen molar-refractivity contribution in [2.75, 3.05) is 20.1 Å². The van der Waals surface area contributed by atoms with Crippen molar-refractivity contribution < 1.29 is 4.74 Å². The maximum absolute atomic E-state index is 6.16. The summed E-state index contributed by atoms with van der Waals surface area (Å²) in [5.41, 5.74) is 3.04. The lowest BCUT2D eigenvalue weighted by molar-refractivity contribution is -0.0584. The SMILES string of the molecule is CC.CC.CC1=C(C)C2(CCN(C)CC2)OC1C. The van der Waals surface area contributed by atoms with Crippen LogP contribution in [-0.4, -0.2) is 36.7 Å². The van der Waals surface area contributed by atoms with E-state index in [-0.39, 0.29) is 5.60 Å². The minimum Gasteiger partial charge on any atom is -0.363 e. The van der Waals surface area contributed by atoms with E-state index in [4.69, 9.17) is 4.74 Å². The molecule has 108 valence electrons. The topological polar surface area (TPSA) is 12.5 Å². The zero-order valence-electron chi connectivity index (χ0n) is 13.8. The molecule has 0 aromatic rings. The maximum atomic E-state index is 6.16. The summed E-state index contributed by atoms with van der Waals surface area (Å²) in [4.78, 5) is 2.39. The van der Waals surface area contributed by atoms with Crippen molar-refractivity contribution in [2.24, 2.45) is 0 Å². The Morgan fingerprint density at radius 1 is 1.06 bits per heavy atom. The normalized spacial score (nSPS) is 26.3. The summed E-state index contributed by atoms with van der Waals surface area (Å²) in [6.45, 7) is 17.0. The first kappa shape index (κ1) is 17.7. The lowest BCUT2D eigenvalue weighted by Crippen LogP contribution is -2.44. The van der Waals surface area contributed by atoms with Crippen LogP contribution in [0.25, 0.3) is 0 Å². The molecule has 0 aromatic heterocycles. The van der Waals surface area contributed by atoms with Gasteiger partial charge in [0.05, 0.1) is 11.7 Å². The molecule has 18 heavy (non-hydrogen) atoms. The van der Waals surface area contributed by atoms with Gasteiger partial charge >= 0.3 is 0 Å². The molecular formula is C16H33NO. The van der Waals surface area contributed by atoms with E-state index in [0.717, 1.165) is 25.9 Å². The Kier molecular flexibility index (Phi) is 7.81. The molecule has 0 saturated carbocycles. The van der Waals surface area contributed by atoms with Crippen molar-refractivity contribution in [2.45, 2.75) is 73.0 Å². The second kappa shape index (κ2) is 7.96. The van der Waals surface area contributed by atoms with Crippen LogP contribution in [0.3, 0.4) is 0 Å². The van der Waals surface area contributed by atoms with Crippen molar-refractivity contribution in [1.29, 1.82) is 0 Å². The summed E-state index contributed by atoms with van der Waals surface area (Å²) in [5, 5.41) is 0. The summed E-state index contributed by atoms with van der Waals surface area (Å²) in [7, 11) is 2.19. The molecule has 2 heteroatoms. The van der Waals surface area contributed by atoms with Gasteiger partial charge in [-0.15, -0.1) is 0 Å². The molecule has 0 aromatic carbocycles. The summed E-state index contributed by atoms with van der Waals surface area (Å²) >= 11 is 0. The molecule has 1 fully saturated rings. The molecule has 1 saturated heterocycles. The zero-order chi connectivity index (χ0) is 14.3. The summed E-state index contributed by atoms with van der Waals surface area (Å²) in [6, 6.07) is 0. The molecule has 1 unspecified atom stereocenters. The van der Waals surface area contributed by atoms with Gasteiger partial charge in [-0.1, -0.05) is 27.7 Å². The summed E-state index contributed by atoms with van der Waals surface area (Å²) in [6.07, 6.45) is 2.66. The van der Waals surface area contributed by atoms with Gasteiger partial charge in [0, 0.05) is 13.1 Å². The smallest absolute Gasteiger partial charge is 0.0924 e. The zero-order valence-corrected chi connectivity index (χ0v) is 13.8. The predicted octanol–water partition coefficient (Wildman–Crippen LogP) is 4.26. The number of rotatable bonds is 0. The van der Waals surface area contributed by atoms with Crippen molar-refractivity contribution in [3.05, 3.63) is 11.1 Å². The number of nitrogens with zero attached hydrogens (tertiary/aromatic N) is 1. The van der Waals surface area contributed by atoms with E-state index in [0.29, 0.717) is 6.10 Å². The van der Waals surface area contributed by atoms with Crippen molar-refractivity contribution in [3.8, 4) is 0 Å². The van der Waals surface area contributed by atoms with Gasteiger partial charge in [0.15, 0.2) is 0 Å². The van der Waals surface area contributed by atoms with Crippen molar-refractivity contribution >= 4 is 0 Å². The van der Waals surface area contributed by atoms with Gasteiger partial charge in [0.2, 0.25) is 0 Å². The van der Waals surface area contributed by atoms with Gasteiger partial charge in [0.25, 0.3) is 0 Å². The first-order valence-corrected chi connectivity index (χ1v) is 7.59. The molecule has 0 N–H and O–H groups in total. The van der Waals surface area contributed by atoms with Gasteiger partial charge in [-0.05, 0) is 51.8 Å². The summed E-state index contributed by atoms with van der Waals surface area (Å²) in [5.74, 6) is 0. The first-order chi connectivity index (χ1) is 8.55. The van der Waals surface area contributed by atoms with Crippen LogP contribution >= 0.6 is 0 Å². The summed E-state index contributed by atoms with van der Waals surface area (Å²) < 4.78 is 6.16. The fraction of sp³-hybridized carbons (Fsp3) is 0.875. The number of hydrogen-bond acceptors (Lipinski definition) is 2. The van der Waals surface area contributed by atoms with Crippen LogP contribution in [0.2, 0.25) is 0 Å². The monoisotopic (exact) mass is 255 g/mol. The Balaban J connectivity index is 0.000000659. The molecular weight excluding hydrogens is 222 g/mol. The van der Waals surface area contributed by atoms with Crippen LogP contribution in [0.15, 0.2) is 11.1 Å². The van der Waals surface area contributed by atoms with Gasteiger partial charge in [-0.25, -0.2) is 0 Å². The molecule has 1 spiro atoms. The van der Waals surface area contributed by atoms with Gasteiger partial charge in [-0.2, -0.15) is 0 Å². The third-order valence-electron chi connectivity index (χ3n) is 4.08. The van der Waals surface area contributed by atoms with E-state index in [1.807, 2.05) is 27.7 Å². The molecule has 0 aliphatic carbocycles. The van der Waals surface area contributed by atoms with E-state index in [2.05, 4.69) is 32.7 Å². The molecule has 2 nitrogen and oxygen atoms in total. The molecule has 2 aliphatic rings. The van der Waals surface area contributed by atoms with Crippen molar-refractivity contribution in [3.63, 3.8) is 0 Å². The van der Waals surface area contributed by atoms with Crippen LogP contribution in [0.4, 0.5) is 0 Å². The van der Waals surface area contributed by atoms with Crippen LogP contribution in [0.5, 0.6) is 0 Å². The Morgan fingerprint density at radius 2 is 1.50 bits per heavy atom. The highest BCUT2D eigenvalue weighted by atomic mass is 16.5. The number of hydrogen-bond donors (Lipinski definition) is 0. The van der Waals surface area contributed by atoms with E-state index >= 15 is 0 Å². The van der Waals surface area contributed by atoms with Gasteiger partial charge < -0.3 is 9.64 Å². The lowest BCUT2D eigenvalue weighted by atomic mass is 9.84. The van der Waals surface area contributed by atoms with Crippen molar-refractivity contribution in [1.82, 2.24) is 4.90 Å². The average molecular weight is 255 g/mol. The second-order valence-electron chi connectivity index (χ2n) is 4.87. The fourth-order valence-electron chi connectivity index (χ4n) is 2.65. The Bertz CT molecular complexity index is 262. The molecule has 2 heterocycles. The van der Waals surface area contributed by atoms with Gasteiger partial charge in [0.1, 0.15) is 0 Å². The number of ether oxygens (including phenoxy) is 1. The average Bonchev–Trinajstić information content (AvgIpc) is 2.63. The van der Waals surface area contributed by atoms with Crippen LogP contribution in [0.1, 0.15) is 61.3 Å². The molecule has 2 aliphatic heterocycles. The van der Waals surface area contributed by atoms with E-state index in [1.54, 1.807) is 0 Å². The Hall–Kier alpha value is -0.340. The largest absolute Gasteiger partial charge is 0.363 e. The predicted molar refractivity (Wildman–Crippen MR) is 81.1 cm³/mol. The third-order valence-corrected chi connectivity index (χ3v) is 4.08. The highest BCUT2D eigenvalue weighted by Crippen LogP contribution is 2.42. The van der Waals surface area contributed by atoms with Crippen LogP contribution in [0, 0.1) is 0 Å². The lowest BCUT2D eigenvalue weighted by Gasteiger charge is -2.39. The van der Waals surface area contributed by atoms with E-state index < -0.39 is 0 Å². The molecule has 0 bridgehead atoms. The molecule has 0 radical (unpaired) electrons. The molecule has 0 amide bonds. The van der Waals surface area contributed by atoms with E-state index in [9.17, 15) is 0 Å². The van der Waals surface area contributed by atoms with Gasteiger partial charge in [-0.3, -0.25) is 0 Å². The minimum atomic E-state index is 0.0933. The molecule has 1 atom stereocenters. The first-order valence-electron chi connectivity index (χ1n) is 7.59. The highest BCUT2D eigenvalue weighted by molar-refractivity contribution is 5.29. The Labute approximate surface area is 114 Å². The maximum Gasteiger partial charge on any atom is 0.0924 e. The second-order valence-corrected chi connectivity index (χ2v) is 4.87. The molecule has 2 rings (SSSR count). The highest BCUT2D eigenvalue weighted by Gasteiger charge is 2.43. The fourth-order valence-corrected chi connectivity index (χ4v) is 2.65. The number of piperidine rings is 1. The standard InChI is InChI=1S/C12H21NO.2C2H6/c1-9-10(2)12(14-11(9)3)5-7-13(4)8-6-12;2*1-2/h11H,5-8H2,1-4H3;2*1-2H3. The Morgan fingerprint density at radius 3 is 1.83 bits per heavy atom. The minimum absolute atomic E-state index is 0.0933. The number of likely N-dealkylation sites (tertiary alicyclic amines) is 1. The van der Waals surface area contributed by atoms with E-state index in [1.165, 1.54) is 11.1 Å². The quantitative estimate of drug-likeness (QED) is 0.600. The van der Waals surface area contributed by atoms with Crippen LogP contribution in [-0.2, 0) is 4.74 Å². The third kappa shape index (κ3) is 3.58. The van der Waals surface area contributed by atoms with Crippen LogP contribution < -0.4 is 0 Å².